The molecule has 378 valence electrons. The summed E-state index contributed by atoms with van der Waals surface area (Å²) in [5.74, 6) is 0.177. The zero-order chi connectivity index (χ0) is 47.9. The van der Waals surface area contributed by atoms with Crippen LogP contribution < -0.4 is 0 Å². The number of aliphatic hydroxyl groups excluding tert-OH is 11. The van der Waals surface area contributed by atoms with E-state index >= 15 is 0 Å². The molecule has 26 atom stereocenters. The van der Waals surface area contributed by atoms with Gasteiger partial charge in [0, 0.05) is 23.4 Å². The van der Waals surface area contributed by atoms with Crippen LogP contribution in [0.2, 0.25) is 0 Å². The van der Waals surface area contributed by atoms with Crippen molar-refractivity contribution in [2.45, 2.75) is 210 Å². The summed E-state index contributed by atoms with van der Waals surface area (Å²) >= 11 is 0. The lowest BCUT2D eigenvalue weighted by Gasteiger charge is -2.74. The predicted octanol–water partition coefficient (Wildman–Crippen LogP) is -0.399. The van der Waals surface area contributed by atoms with E-state index in [0.717, 1.165) is 19.3 Å². The van der Waals surface area contributed by atoms with Gasteiger partial charge in [0.05, 0.1) is 43.7 Å². The van der Waals surface area contributed by atoms with E-state index in [1.807, 2.05) is 0 Å². The Morgan fingerprint density at radius 2 is 1.32 bits per heavy atom. The molecule has 4 saturated carbocycles. The van der Waals surface area contributed by atoms with Gasteiger partial charge in [-0.1, -0.05) is 53.7 Å². The van der Waals surface area contributed by atoms with Crippen molar-refractivity contribution in [1.82, 2.24) is 0 Å². The second-order valence-corrected chi connectivity index (χ2v) is 24.0. The molecule has 4 saturated heterocycles. The van der Waals surface area contributed by atoms with E-state index < -0.39 is 134 Å². The predicted molar refractivity (Wildman–Crippen MR) is 229 cm³/mol. The minimum atomic E-state index is -1.77. The number of hydrogen-bond donors (Lipinski definition) is 11. The smallest absolute Gasteiger partial charge is 0.187 e. The number of allylic oxidation sites excluding steroid dienone is 1. The monoisotopic (exact) mass is 943 g/mol. The molecule has 9 rings (SSSR count). The molecule has 0 unspecified atom stereocenters. The molecule has 4 heterocycles. The maximum absolute atomic E-state index is 12.3. The summed E-state index contributed by atoms with van der Waals surface area (Å²) in [4.78, 5) is 0. The Kier molecular flexibility index (Phi) is 12.9. The van der Waals surface area contributed by atoms with Crippen molar-refractivity contribution in [1.29, 1.82) is 0 Å². The largest absolute Gasteiger partial charge is 0.396 e. The molecule has 9 aliphatic rings. The Morgan fingerprint density at radius 1 is 0.667 bits per heavy atom. The van der Waals surface area contributed by atoms with Crippen molar-refractivity contribution in [3.63, 3.8) is 0 Å². The van der Waals surface area contributed by atoms with Crippen molar-refractivity contribution in [2.75, 3.05) is 26.4 Å². The Hall–Kier alpha value is -0.980. The highest BCUT2D eigenvalue weighted by atomic mass is 16.8. The number of rotatable bonds is 9. The first-order valence-corrected chi connectivity index (χ1v) is 24.4. The van der Waals surface area contributed by atoms with Crippen molar-refractivity contribution in [3.05, 3.63) is 12.2 Å². The second-order valence-electron chi connectivity index (χ2n) is 24.0. The van der Waals surface area contributed by atoms with Crippen LogP contribution >= 0.6 is 0 Å². The van der Waals surface area contributed by atoms with E-state index in [4.69, 9.17) is 33.2 Å². The van der Waals surface area contributed by atoms with Gasteiger partial charge in [-0.3, -0.25) is 0 Å². The lowest BCUT2D eigenvalue weighted by Crippen LogP contribution is -2.73. The summed E-state index contributed by atoms with van der Waals surface area (Å²) in [6, 6.07) is 0. The summed E-state index contributed by atoms with van der Waals surface area (Å²) in [7, 11) is 0. The first-order valence-electron chi connectivity index (χ1n) is 24.4. The molecule has 18 nitrogen and oxygen atoms in total. The Labute approximate surface area is 387 Å². The quantitative estimate of drug-likeness (QED) is 0.104. The van der Waals surface area contributed by atoms with Crippen LogP contribution in [0.3, 0.4) is 0 Å². The van der Waals surface area contributed by atoms with Crippen molar-refractivity contribution in [3.8, 4) is 0 Å². The molecule has 4 aliphatic heterocycles. The highest BCUT2D eigenvalue weighted by Gasteiger charge is 2.80. The van der Waals surface area contributed by atoms with Crippen LogP contribution in [-0.4, -0.2) is 193 Å². The van der Waals surface area contributed by atoms with Gasteiger partial charge >= 0.3 is 0 Å². The Bertz CT molecular complexity index is 1800. The third-order valence-electron chi connectivity index (χ3n) is 19.7. The summed E-state index contributed by atoms with van der Waals surface area (Å²) in [6.07, 6.45) is -13.6. The van der Waals surface area contributed by atoms with Crippen LogP contribution in [0.5, 0.6) is 0 Å². The van der Waals surface area contributed by atoms with Gasteiger partial charge in [0.2, 0.25) is 0 Å². The highest BCUT2D eigenvalue weighted by molar-refractivity contribution is 5.36. The minimum Gasteiger partial charge on any atom is -0.396 e. The van der Waals surface area contributed by atoms with Crippen LogP contribution in [0.4, 0.5) is 0 Å². The van der Waals surface area contributed by atoms with Gasteiger partial charge in [0.25, 0.3) is 0 Å². The molecule has 8 fully saturated rings. The fourth-order valence-electron chi connectivity index (χ4n) is 15.8. The average Bonchev–Trinajstić information content (AvgIpc) is 3.55. The molecule has 0 aromatic carbocycles. The highest BCUT2D eigenvalue weighted by Crippen LogP contribution is 2.80. The summed E-state index contributed by atoms with van der Waals surface area (Å²) in [5, 5.41) is 120. The van der Waals surface area contributed by atoms with E-state index in [9.17, 15) is 56.2 Å². The van der Waals surface area contributed by atoms with E-state index in [-0.39, 0.29) is 46.0 Å². The molecule has 5 aliphatic carbocycles. The van der Waals surface area contributed by atoms with Crippen LogP contribution in [0.15, 0.2) is 12.2 Å². The molecule has 18 heteroatoms. The van der Waals surface area contributed by atoms with Gasteiger partial charge in [0.15, 0.2) is 18.9 Å². The molecule has 0 amide bonds. The number of aliphatic hydroxyl groups is 11. The number of hydrogen-bond acceptors (Lipinski definition) is 18. The molecule has 66 heavy (non-hydrogen) atoms. The number of ether oxygens (including phenoxy) is 7. The van der Waals surface area contributed by atoms with Crippen LogP contribution in [-0.2, 0) is 33.2 Å². The third-order valence-corrected chi connectivity index (χ3v) is 19.7. The standard InChI is InChI=1S/C48H78O18/c1-22-30(52)32(54)36(58)40(62-22)66-38-25(18-60-39-35(57)33(55)31(53)24(17-49)64-39)65-41(37(59)34(38)56)63-23-8-10-44(5)26-9-11-48-28-15-42(2,3)12-13-47(28,21-61-48)29(51)16-46(48,7)45(26,6)19-43(4,20-50)27(44)14-23/h9,11,22-41,49-59H,8,10,12-21H2,1-7H3/t22-,23-,24+,25+,26+,27+,28-,29-,30-,31+,32+,33-,34+,35+,36+,37+,38+,39+,40+,41+,43+,44+,45+,46-,47+,48-/m0/s1. The molecule has 1 spiro atoms. The summed E-state index contributed by atoms with van der Waals surface area (Å²) in [6.45, 7) is 14.5. The molecule has 0 aromatic heterocycles. The second kappa shape index (κ2) is 17.1. The molecular formula is C48H78O18. The van der Waals surface area contributed by atoms with Crippen molar-refractivity contribution in [2.24, 2.45) is 50.2 Å². The molecule has 11 N–H and O–H groups in total. The van der Waals surface area contributed by atoms with Crippen LogP contribution in [0.25, 0.3) is 0 Å². The topological polar surface area (TPSA) is 287 Å². The van der Waals surface area contributed by atoms with E-state index in [0.29, 0.717) is 38.7 Å². The van der Waals surface area contributed by atoms with Gasteiger partial charge in [-0.2, -0.15) is 0 Å². The minimum absolute atomic E-state index is 0.0689. The fraction of sp³-hybridized carbons (Fsp3) is 0.958. The SMILES string of the molecule is C[C@@H]1O[C@H](O[C@H]2[C@H](O)[C@@H](O)[C@H](O[C@H]3CC[C@@]4(C)[C@H](C3)[C@@](C)(CO)C[C@]3(C)[C@@H]4C=C[C@]45OC[C@@]6(CCC(C)(C)C[C@@H]64)[C@@H](O)C[C@]53C)O[C@@H]2CO[C@@H]2O[C@H](CO)[C@@H](O)[C@H](O)[C@H]2O)[C@H](O)[C@H](O)[C@H]1O. The Morgan fingerprint density at radius 3 is 2.02 bits per heavy atom. The maximum atomic E-state index is 12.3. The fourth-order valence-corrected chi connectivity index (χ4v) is 15.8. The zero-order valence-electron chi connectivity index (χ0n) is 39.5. The molecule has 0 radical (unpaired) electrons. The molecule has 0 aromatic rings. The number of fused-ring (bicyclic) bond motifs is 4. The van der Waals surface area contributed by atoms with Gasteiger partial charge in [-0.15, -0.1) is 0 Å². The average molecular weight is 943 g/mol. The lowest BCUT2D eigenvalue weighted by atomic mass is 9.30. The van der Waals surface area contributed by atoms with Crippen molar-refractivity contribution >= 4 is 0 Å². The zero-order valence-corrected chi connectivity index (χ0v) is 39.5. The summed E-state index contributed by atoms with van der Waals surface area (Å²) < 4.78 is 43.1. The normalized spacial score (nSPS) is 58.8. The summed E-state index contributed by atoms with van der Waals surface area (Å²) in [5.41, 5.74) is -2.42. The van der Waals surface area contributed by atoms with E-state index in [1.165, 1.54) is 6.92 Å². The van der Waals surface area contributed by atoms with E-state index in [1.54, 1.807) is 0 Å². The van der Waals surface area contributed by atoms with Crippen LogP contribution in [0, 0.1) is 50.2 Å². The van der Waals surface area contributed by atoms with Gasteiger partial charge in [-0.25, -0.2) is 0 Å². The van der Waals surface area contributed by atoms with E-state index in [2.05, 4.69) is 53.7 Å². The lowest BCUT2D eigenvalue weighted by molar-refractivity contribution is -0.370. The van der Waals surface area contributed by atoms with Gasteiger partial charge < -0.3 is 89.3 Å². The van der Waals surface area contributed by atoms with Crippen LogP contribution in [0.1, 0.15) is 99.8 Å². The molecular weight excluding hydrogens is 865 g/mol. The molecule has 2 bridgehead atoms. The third kappa shape index (κ3) is 7.24. The maximum Gasteiger partial charge on any atom is 0.187 e. The van der Waals surface area contributed by atoms with Crippen molar-refractivity contribution < 1.29 is 89.3 Å². The first-order chi connectivity index (χ1) is 30.9. The van der Waals surface area contributed by atoms with Gasteiger partial charge in [0.1, 0.15) is 67.1 Å². The Balaban J connectivity index is 0.966. The first kappa shape index (κ1) is 50.0. The van der Waals surface area contributed by atoms with Gasteiger partial charge in [-0.05, 0) is 91.8 Å².